The number of alkyl halides is 1. The van der Waals surface area contributed by atoms with Crippen LogP contribution in [0.2, 0.25) is 0 Å². The van der Waals surface area contributed by atoms with Gasteiger partial charge in [-0.1, -0.05) is 29.8 Å². The highest BCUT2D eigenvalue weighted by Crippen LogP contribution is 2.18. The Morgan fingerprint density at radius 3 is 2.67 bits per heavy atom. The minimum absolute atomic E-state index is 0.0839. The quantitative estimate of drug-likeness (QED) is 0.848. The largest absolute Gasteiger partial charge is 0.344 e. The lowest BCUT2D eigenvalue weighted by atomic mass is 9.95. The van der Waals surface area contributed by atoms with E-state index in [4.69, 9.17) is 0 Å². The lowest BCUT2D eigenvalue weighted by molar-refractivity contribution is 0.0899. The first kappa shape index (κ1) is 12.6. The molecule has 0 radical (unpaired) electrons. The predicted molar refractivity (Wildman–Crippen MR) is 66.7 cm³/mol. The Balaban J connectivity index is 2.71. The van der Waals surface area contributed by atoms with Crippen molar-refractivity contribution >= 4 is 33.2 Å². The lowest BCUT2D eigenvalue weighted by Gasteiger charge is -2.30. The molecular weight excluding hydrogens is 276 g/mol. The molecule has 0 bridgehead atoms. The zero-order valence-electron chi connectivity index (χ0n) is 8.92. The van der Waals surface area contributed by atoms with Crippen LogP contribution in [0.25, 0.3) is 0 Å². The van der Waals surface area contributed by atoms with E-state index in [1.54, 1.807) is 10.9 Å². The van der Waals surface area contributed by atoms with Gasteiger partial charge in [0.2, 0.25) is 0 Å². The van der Waals surface area contributed by atoms with Gasteiger partial charge in [0.15, 0.2) is 0 Å². The van der Waals surface area contributed by atoms with E-state index in [1.807, 2.05) is 0 Å². The Morgan fingerprint density at radius 2 is 2.27 bits per heavy atom. The van der Waals surface area contributed by atoms with Crippen molar-refractivity contribution in [1.82, 2.24) is 10.3 Å². The van der Waals surface area contributed by atoms with Gasteiger partial charge >= 0.3 is 0 Å². The van der Waals surface area contributed by atoms with Gasteiger partial charge in [0.05, 0.1) is 5.51 Å². The molecule has 15 heavy (non-hydrogen) atoms. The van der Waals surface area contributed by atoms with Crippen molar-refractivity contribution in [2.45, 2.75) is 32.2 Å². The van der Waals surface area contributed by atoms with E-state index in [-0.39, 0.29) is 11.4 Å². The number of nitrogens with one attached hydrogen (secondary N) is 1. The van der Waals surface area contributed by atoms with Gasteiger partial charge in [-0.2, -0.15) is 0 Å². The zero-order chi connectivity index (χ0) is 11.3. The van der Waals surface area contributed by atoms with Crippen LogP contribution in [0.4, 0.5) is 0 Å². The van der Waals surface area contributed by atoms with Crippen molar-refractivity contribution in [1.29, 1.82) is 0 Å². The summed E-state index contributed by atoms with van der Waals surface area (Å²) in [4.78, 5) is 15.8. The monoisotopic (exact) mass is 290 g/mol. The molecule has 0 unspecified atom stereocenters. The molecule has 5 heteroatoms. The summed E-state index contributed by atoms with van der Waals surface area (Å²) in [7, 11) is 0. The number of carbonyl (C=O) groups excluding carboxylic acids is 1. The number of aromatic nitrogens is 1. The predicted octanol–water partition coefficient (Wildman–Crippen LogP) is 2.83. The summed E-state index contributed by atoms with van der Waals surface area (Å²) in [6.07, 6.45) is 1.81. The standard InChI is InChI=1S/C10H15BrN2OS/c1-3-10(4-2,6-11)13-9(14)8-5-15-7-12-8/h5,7H,3-4,6H2,1-2H3,(H,13,14). The molecule has 0 aromatic carbocycles. The number of carbonyl (C=O) groups is 1. The maximum absolute atomic E-state index is 11.8. The SMILES string of the molecule is CCC(CC)(CBr)NC(=O)c1cscn1. The third-order valence-electron chi connectivity index (χ3n) is 2.65. The van der Waals surface area contributed by atoms with Crippen molar-refractivity contribution in [3.63, 3.8) is 0 Å². The summed E-state index contributed by atoms with van der Waals surface area (Å²) in [6, 6.07) is 0. The van der Waals surface area contributed by atoms with Gasteiger partial charge in [0.25, 0.3) is 5.91 Å². The van der Waals surface area contributed by atoms with Crippen LogP contribution < -0.4 is 5.32 Å². The van der Waals surface area contributed by atoms with E-state index >= 15 is 0 Å². The summed E-state index contributed by atoms with van der Waals surface area (Å²) in [6.45, 7) is 4.15. The van der Waals surface area contributed by atoms with Crippen LogP contribution >= 0.6 is 27.3 Å². The molecule has 1 heterocycles. The number of nitrogens with zero attached hydrogens (tertiary/aromatic N) is 1. The number of halogens is 1. The maximum Gasteiger partial charge on any atom is 0.271 e. The fourth-order valence-electron chi connectivity index (χ4n) is 1.28. The Morgan fingerprint density at radius 1 is 1.60 bits per heavy atom. The highest BCUT2D eigenvalue weighted by molar-refractivity contribution is 9.09. The Hall–Kier alpha value is -0.420. The molecule has 1 amide bonds. The first-order chi connectivity index (χ1) is 7.17. The minimum atomic E-state index is -0.152. The number of thiazole rings is 1. The molecule has 1 aromatic rings. The van der Waals surface area contributed by atoms with Gasteiger partial charge in [0, 0.05) is 16.2 Å². The van der Waals surface area contributed by atoms with Crippen molar-refractivity contribution in [3.05, 3.63) is 16.6 Å². The van der Waals surface area contributed by atoms with E-state index in [0.717, 1.165) is 18.2 Å². The van der Waals surface area contributed by atoms with Crippen LogP contribution in [0.3, 0.4) is 0 Å². The van der Waals surface area contributed by atoms with Crippen molar-refractivity contribution in [2.75, 3.05) is 5.33 Å². The van der Waals surface area contributed by atoms with Crippen LogP contribution in [-0.2, 0) is 0 Å². The van der Waals surface area contributed by atoms with Crippen LogP contribution in [0, 0.1) is 0 Å². The smallest absolute Gasteiger partial charge is 0.271 e. The van der Waals surface area contributed by atoms with Crippen molar-refractivity contribution < 1.29 is 4.79 Å². The molecule has 3 nitrogen and oxygen atoms in total. The average Bonchev–Trinajstić information content (AvgIpc) is 2.79. The van der Waals surface area contributed by atoms with E-state index in [0.29, 0.717) is 5.69 Å². The van der Waals surface area contributed by atoms with Gasteiger partial charge in [-0.15, -0.1) is 11.3 Å². The molecule has 0 atom stereocenters. The van der Waals surface area contributed by atoms with Crippen molar-refractivity contribution in [3.8, 4) is 0 Å². The molecule has 84 valence electrons. The molecule has 0 saturated heterocycles. The third-order valence-corrected chi connectivity index (χ3v) is 4.31. The van der Waals surface area contributed by atoms with Gasteiger partial charge < -0.3 is 5.32 Å². The Kier molecular flexibility index (Phi) is 4.73. The average molecular weight is 291 g/mol. The Labute approximate surface area is 102 Å². The molecule has 1 aromatic heterocycles. The summed E-state index contributed by atoms with van der Waals surface area (Å²) >= 11 is 4.89. The molecule has 0 aliphatic heterocycles. The van der Waals surface area contributed by atoms with Crippen LogP contribution in [0.15, 0.2) is 10.9 Å². The maximum atomic E-state index is 11.8. The van der Waals surface area contributed by atoms with E-state index in [9.17, 15) is 4.79 Å². The molecule has 0 fully saturated rings. The zero-order valence-corrected chi connectivity index (χ0v) is 11.3. The molecule has 0 spiro atoms. The first-order valence-electron chi connectivity index (χ1n) is 4.94. The highest BCUT2D eigenvalue weighted by Gasteiger charge is 2.27. The molecule has 1 N–H and O–H groups in total. The van der Waals surface area contributed by atoms with Crippen LogP contribution in [-0.4, -0.2) is 21.8 Å². The second kappa shape index (κ2) is 5.61. The van der Waals surface area contributed by atoms with Gasteiger partial charge in [-0.05, 0) is 12.8 Å². The number of amides is 1. The van der Waals surface area contributed by atoms with E-state index < -0.39 is 0 Å². The molecule has 1 rings (SSSR count). The molecule has 0 aliphatic rings. The summed E-state index contributed by atoms with van der Waals surface area (Å²) in [5.41, 5.74) is 2.02. The molecular formula is C10H15BrN2OS. The normalized spacial score (nSPS) is 11.4. The van der Waals surface area contributed by atoms with Crippen LogP contribution in [0.5, 0.6) is 0 Å². The number of rotatable bonds is 5. The second-order valence-electron chi connectivity index (χ2n) is 3.45. The van der Waals surface area contributed by atoms with Gasteiger partial charge in [-0.3, -0.25) is 4.79 Å². The summed E-state index contributed by atoms with van der Waals surface area (Å²) < 4.78 is 0. The molecule has 0 saturated carbocycles. The van der Waals surface area contributed by atoms with Crippen LogP contribution in [0.1, 0.15) is 37.2 Å². The first-order valence-corrected chi connectivity index (χ1v) is 7.00. The number of hydrogen-bond acceptors (Lipinski definition) is 3. The summed E-state index contributed by atoms with van der Waals surface area (Å²) in [5, 5.41) is 5.57. The van der Waals surface area contributed by atoms with E-state index in [1.165, 1.54) is 11.3 Å². The third kappa shape index (κ3) is 3.01. The fourth-order valence-corrected chi connectivity index (χ4v) is 2.74. The topological polar surface area (TPSA) is 42.0 Å². The lowest BCUT2D eigenvalue weighted by Crippen LogP contribution is -2.49. The van der Waals surface area contributed by atoms with Gasteiger partial charge in [-0.25, -0.2) is 4.98 Å². The van der Waals surface area contributed by atoms with Crippen molar-refractivity contribution in [2.24, 2.45) is 0 Å². The minimum Gasteiger partial charge on any atom is -0.344 e. The van der Waals surface area contributed by atoms with E-state index in [2.05, 4.69) is 40.1 Å². The second-order valence-corrected chi connectivity index (χ2v) is 4.73. The summed E-state index contributed by atoms with van der Waals surface area (Å²) in [5.74, 6) is -0.0839. The van der Waals surface area contributed by atoms with Gasteiger partial charge in [0.1, 0.15) is 5.69 Å². The fraction of sp³-hybridized carbons (Fsp3) is 0.600. The Bertz CT molecular complexity index is 301. The number of hydrogen-bond donors (Lipinski definition) is 1. The molecule has 0 aliphatic carbocycles. The highest BCUT2D eigenvalue weighted by atomic mass is 79.9.